The van der Waals surface area contributed by atoms with Crippen LogP contribution in [0.3, 0.4) is 0 Å². The molecule has 1 unspecified atom stereocenters. The van der Waals surface area contributed by atoms with E-state index >= 15 is 0 Å². The fraction of sp³-hybridized carbons (Fsp3) is 0.174. The molecule has 0 spiro atoms. The molecule has 0 fully saturated rings. The van der Waals surface area contributed by atoms with Gasteiger partial charge in [-0.2, -0.15) is 0 Å². The van der Waals surface area contributed by atoms with Crippen LogP contribution < -0.4 is 10.8 Å². The molecular weight excluding hydrogens is 366 g/mol. The van der Waals surface area contributed by atoms with Gasteiger partial charge in [-0.05, 0) is 48.9 Å². The van der Waals surface area contributed by atoms with Gasteiger partial charge in [-0.1, -0.05) is 24.2 Å². The molecule has 1 aromatic rings. The number of nitrogens with zero attached hydrogens (tertiary/aromatic N) is 2. The topological polar surface area (TPSA) is 91.8 Å². The lowest BCUT2D eigenvalue weighted by atomic mass is 9.83. The molecule has 0 aromatic heterocycles. The fourth-order valence-corrected chi connectivity index (χ4v) is 3.76. The lowest BCUT2D eigenvalue weighted by Gasteiger charge is -2.22. The van der Waals surface area contributed by atoms with Gasteiger partial charge in [0.15, 0.2) is 0 Å². The molecule has 6 nitrogen and oxygen atoms in total. The Morgan fingerprint density at radius 1 is 1.28 bits per heavy atom. The Bertz CT molecular complexity index is 1230. The minimum absolute atomic E-state index is 0.179. The fourth-order valence-electron chi connectivity index (χ4n) is 3.76. The van der Waals surface area contributed by atoms with E-state index in [-0.39, 0.29) is 5.92 Å². The SMILES string of the molecule is C=Nc1ccc2c(C3=CCC(C)C=C3C(=O)O)c3ccc(=N[NH2+]C)cc-3oc2c1. The molecule has 0 radical (unpaired) electrons. The summed E-state index contributed by atoms with van der Waals surface area (Å²) in [6, 6.07) is 11.3. The van der Waals surface area contributed by atoms with E-state index < -0.39 is 5.97 Å². The third kappa shape index (κ3) is 3.39. The average Bonchev–Trinajstić information content (AvgIpc) is 2.72. The highest BCUT2D eigenvalue weighted by Crippen LogP contribution is 2.42. The van der Waals surface area contributed by atoms with Gasteiger partial charge in [0.2, 0.25) is 0 Å². The van der Waals surface area contributed by atoms with Crippen molar-refractivity contribution in [3.63, 3.8) is 0 Å². The Morgan fingerprint density at radius 2 is 2.10 bits per heavy atom. The van der Waals surface area contributed by atoms with Crippen LogP contribution in [-0.2, 0) is 4.79 Å². The van der Waals surface area contributed by atoms with Crippen molar-refractivity contribution in [3.8, 4) is 11.3 Å². The molecule has 1 atom stereocenters. The van der Waals surface area contributed by atoms with E-state index in [0.29, 0.717) is 28.2 Å². The molecule has 3 aliphatic rings. The molecule has 0 amide bonds. The van der Waals surface area contributed by atoms with Crippen molar-refractivity contribution < 1.29 is 19.7 Å². The number of fused-ring (bicyclic) bond motifs is 2. The van der Waals surface area contributed by atoms with Gasteiger partial charge in [-0.3, -0.25) is 4.99 Å². The van der Waals surface area contributed by atoms with Crippen molar-refractivity contribution in [3.05, 3.63) is 65.0 Å². The number of quaternary nitrogens is 1. The number of carboxylic acid groups (broad SMARTS) is 1. The first-order chi connectivity index (χ1) is 14.0. The van der Waals surface area contributed by atoms with E-state index in [1.807, 2.05) is 62.5 Å². The van der Waals surface area contributed by atoms with Crippen LogP contribution in [0.5, 0.6) is 0 Å². The highest BCUT2D eigenvalue weighted by molar-refractivity contribution is 6.12. The predicted molar refractivity (Wildman–Crippen MR) is 113 cm³/mol. The van der Waals surface area contributed by atoms with E-state index in [1.54, 1.807) is 5.43 Å². The second-order valence-electron chi connectivity index (χ2n) is 7.10. The van der Waals surface area contributed by atoms with Gasteiger partial charge in [0, 0.05) is 28.6 Å². The molecule has 29 heavy (non-hydrogen) atoms. The molecule has 3 N–H and O–H groups in total. The van der Waals surface area contributed by atoms with Gasteiger partial charge >= 0.3 is 5.97 Å². The molecule has 0 bridgehead atoms. The van der Waals surface area contributed by atoms with Gasteiger partial charge in [0.25, 0.3) is 0 Å². The van der Waals surface area contributed by atoms with Gasteiger partial charge in [-0.25, -0.2) is 10.2 Å². The maximum Gasteiger partial charge on any atom is 0.335 e. The standard InChI is InChI=1S/C23H21N3O3/c1-13-4-7-16(19(10-13)23(27)28)22-17-8-5-14(24-2)11-20(17)29-21-12-15(26-25-3)6-9-18(21)22/h5-13,25H,2,4H2,1,3H3,(H,27,28)/p+1. The quantitative estimate of drug-likeness (QED) is 0.311. The lowest BCUT2D eigenvalue weighted by Crippen LogP contribution is -2.73. The zero-order valence-electron chi connectivity index (χ0n) is 16.3. The van der Waals surface area contributed by atoms with Gasteiger partial charge in [-0.15, -0.1) is 0 Å². The first-order valence-electron chi connectivity index (χ1n) is 9.47. The van der Waals surface area contributed by atoms with E-state index in [9.17, 15) is 9.90 Å². The molecule has 1 aliphatic heterocycles. The number of hydrogen-bond donors (Lipinski definition) is 2. The van der Waals surface area contributed by atoms with Crippen LogP contribution in [0, 0.1) is 5.92 Å². The smallest absolute Gasteiger partial charge is 0.335 e. The van der Waals surface area contributed by atoms with Crippen molar-refractivity contribution >= 4 is 34.9 Å². The van der Waals surface area contributed by atoms with Crippen LogP contribution in [0.25, 0.3) is 27.9 Å². The summed E-state index contributed by atoms with van der Waals surface area (Å²) in [5, 5.41) is 15.8. The molecule has 6 heteroatoms. The highest BCUT2D eigenvalue weighted by atomic mass is 16.4. The largest absolute Gasteiger partial charge is 0.478 e. The second-order valence-corrected chi connectivity index (χ2v) is 7.10. The molecule has 0 saturated heterocycles. The van der Waals surface area contributed by atoms with E-state index in [4.69, 9.17) is 4.42 Å². The Kier molecular flexibility index (Phi) is 4.86. The van der Waals surface area contributed by atoms with Crippen molar-refractivity contribution in [2.24, 2.45) is 16.0 Å². The summed E-state index contributed by atoms with van der Waals surface area (Å²) < 4.78 is 6.17. The third-order valence-corrected chi connectivity index (χ3v) is 5.08. The molecule has 1 heterocycles. The summed E-state index contributed by atoms with van der Waals surface area (Å²) in [5.74, 6) is -0.111. The Morgan fingerprint density at radius 3 is 2.83 bits per heavy atom. The van der Waals surface area contributed by atoms with Crippen LogP contribution in [0.2, 0.25) is 0 Å². The molecular formula is C23H22N3O3+. The van der Waals surface area contributed by atoms with Gasteiger partial charge < -0.3 is 9.52 Å². The van der Waals surface area contributed by atoms with Crippen molar-refractivity contribution in [2.75, 3.05) is 7.05 Å². The number of carboxylic acids is 1. The van der Waals surface area contributed by atoms with Gasteiger partial charge in [0.05, 0.1) is 18.3 Å². The molecule has 2 aliphatic carbocycles. The minimum atomic E-state index is -0.929. The number of hydrogen-bond acceptors (Lipinski definition) is 4. The Hall–Kier alpha value is -3.51. The zero-order chi connectivity index (χ0) is 20.5. The number of benzene rings is 2. The van der Waals surface area contributed by atoms with Crippen LogP contribution in [0.15, 0.2) is 68.6 Å². The normalized spacial score (nSPS) is 17.3. The summed E-state index contributed by atoms with van der Waals surface area (Å²) in [6.45, 7) is 5.60. The van der Waals surface area contributed by atoms with Crippen molar-refractivity contribution in [1.29, 1.82) is 0 Å². The predicted octanol–water partition coefficient (Wildman–Crippen LogP) is 3.31. The summed E-state index contributed by atoms with van der Waals surface area (Å²) >= 11 is 0. The zero-order valence-corrected chi connectivity index (χ0v) is 16.3. The minimum Gasteiger partial charge on any atom is -0.478 e. The maximum atomic E-state index is 12.0. The van der Waals surface area contributed by atoms with Crippen molar-refractivity contribution in [1.82, 2.24) is 0 Å². The number of aliphatic carboxylic acids is 1. The molecule has 1 aromatic carbocycles. The number of aliphatic imine (C=N–C) groups is 1. The van der Waals surface area contributed by atoms with Crippen LogP contribution >= 0.6 is 0 Å². The summed E-state index contributed by atoms with van der Waals surface area (Å²) in [7, 11) is 1.85. The average molecular weight is 388 g/mol. The summed E-state index contributed by atoms with van der Waals surface area (Å²) in [5.41, 5.74) is 5.77. The monoisotopic (exact) mass is 388 g/mol. The van der Waals surface area contributed by atoms with Gasteiger partial charge in [0.1, 0.15) is 16.7 Å². The van der Waals surface area contributed by atoms with Crippen molar-refractivity contribution in [2.45, 2.75) is 13.3 Å². The third-order valence-electron chi connectivity index (χ3n) is 5.08. The first-order valence-corrected chi connectivity index (χ1v) is 9.47. The Balaban J connectivity index is 2.10. The lowest BCUT2D eigenvalue weighted by molar-refractivity contribution is -0.637. The maximum absolute atomic E-state index is 12.0. The molecule has 4 rings (SSSR count). The number of carbonyl (C=O) groups is 1. The second kappa shape index (κ2) is 7.48. The summed E-state index contributed by atoms with van der Waals surface area (Å²) in [4.78, 5) is 16.0. The van der Waals surface area contributed by atoms with Crippen LogP contribution in [0.1, 0.15) is 18.9 Å². The molecule has 146 valence electrons. The van der Waals surface area contributed by atoms with E-state index in [2.05, 4.69) is 16.8 Å². The first kappa shape index (κ1) is 18.8. The highest BCUT2D eigenvalue weighted by Gasteiger charge is 2.26. The summed E-state index contributed by atoms with van der Waals surface area (Å²) in [6.07, 6.45) is 4.63. The molecule has 0 saturated carbocycles. The Labute approximate surface area is 167 Å². The van der Waals surface area contributed by atoms with Crippen LogP contribution in [0.4, 0.5) is 5.69 Å². The number of nitrogens with two attached hydrogens (primary N) is 1. The van der Waals surface area contributed by atoms with E-state index in [1.165, 1.54) is 0 Å². The van der Waals surface area contributed by atoms with E-state index in [0.717, 1.165) is 28.3 Å². The number of rotatable bonds is 4. The van der Waals surface area contributed by atoms with Crippen LogP contribution in [-0.4, -0.2) is 24.8 Å². The number of allylic oxidation sites excluding steroid dienone is 2.